The van der Waals surface area contributed by atoms with Crippen molar-refractivity contribution in [1.29, 1.82) is 0 Å². The van der Waals surface area contributed by atoms with Gasteiger partial charge >= 0.3 is 0 Å². The molecule has 4 nitrogen and oxygen atoms in total. The van der Waals surface area contributed by atoms with E-state index in [2.05, 4.69) is 23.2 Å². The first-order valence-corrected chi connectivity index (χ1v) is 4.16. The Morgan fingerprint density at radius 2 is 2.25 bits per heavy atom. The average Bonchev–Trinajstić information content (AvgIpc) is 2.34. The maximum atomic E-state index is 8.74. The molecule has 0 aromatic heterocycles. The molecule has 0 bridgehead atoms. The summed E-state index contributed by atoms with van der Waals surface area (Å²) in [5.74, 6) is 0. The Kier molecular flexibility index (Phi) is 2.72. The third kappa shape index (κ3) is 1.77. The molecule has 0 aromatic rings. The van der Waals surface area contributed by atoms with Gasteiger partial charge < -0.3 is 10.0 Å². The van der Waals surface area contributed by atoms with E-state index >= 15 is 0 Å². The molecule has 4 heteroatoms. The molecule has 1 rings (SSSR count). The van der Waals surface area contributed by atoms with Crippen LogP contribution in [0.4, 0.5) is 0 Å². The fourth-order valence-electron chi connectivity index (χ4n) is 1.23. The normalized spacial score (nSPS) is 28.9. The first-order chi connectivity index (χ1) is 5.58. The molecule has 0 aliphatic carbocycles. The summed E-state index contributed by atoms with van der Waals surface area (Å²) in [5, 5.41) is 10.9. The number of quaternary nitrogens is 1. The second-order valence-corrected chi connectivity index (χ2v) is 3.54. The molecule has 0 fully saturated rings. The molecule has 0 radical (unpaired) electrons. The number of aliphatic hydroxyl groups excluding tert-OH is 1. The number of hydrogen-bond acceptors (Lipinski definition) is 3. The van der Waals surface area contributed by atoms with Crippen molar-refractivity contribution < 1.29 is 9.70 Å². The van der Waals surface area contributed by atoms with Crippen LogP contribution in [0.5, 0.6) is 0 Å². The van der Waals surface area contributed by atoms with Crippen molar-refractivity contribution in [3.63, 3.8) is 0 Å². The van der Waals surface area contributed by atoms with Crippen molar-refractivity contribution in [1.82, 2.24) is 9.91 Å². The van der Waals surface area contributed by atoms with Crippen LogP contribution in [0.25, 0.3) is 0 Å². The van der Waals surface area contributed by atoms with Gasteiger partial charge in [-0.2, -0.15) is 5.01 Å². The third-order valence-corrected chi connectivity index (χ3v) is 2.37. The van der Waals surface area contributed by atoms with Crippen molar-refractivity contribution in [3.05, 3.63) is 12.4 Å². The largest absolute Gasteiger partial charge is 0.395 e. The Morgan fingerprint density at radius 3 is 2.67 bits per heavy atom. The van der Waals surface area contributed by atoms with Crippen LogP contribution in [0, 0.1) is 0 Å². The van der Waals surface area contributed by atoms with Crippen LogP contribution in [0.1, 0.15) is 0 Å². The second-order valence-electron chi connectivity index (χ2n) is 3.54. The van der Waals surface area contributed by atoms with Crippen molar-refractivity contribution in [2.75, 3.05) is 41.0 Å². The molecule has 1 aliphatic rings. The summed E-state index contributed by atoms with van der Waals surface area (Å²) < 4.78 is 0.778. The molecule has 12 heavy (non-hydrogen) atoms. The van der Waals surface area contributed by atoms with E-state index in [-0.39, 0.29) is 6.61 Å². The smallest absolute Gasteiger partial charge is 0.176 e. The van der Waals surface area contributed by atoms with Gasteiger partial charge in [-0.1, -0.05) is 0 Å². The number of rotatable bonds is 3. The molecule has 0 amide bonds. The van der Waals surface area contributed by atoms with E-state index < -0.39 is 0 Å². The SMILES string of the molecule is CN(C)[N+]1(C)C=CN(CCO)C1. The zero-order valence-corrected chi connectivity index (χ0v) is 8.06. The molecular formula is C8H18N3O+. The maximum absolute atomic E-state index is 8.74. The molecule has 1 atom stereocenters. The van der Waals surface area contributed by atoms with Gasteiger partial charge in [-0.25, -0.2) is 4.59 Å². The standard InChI is InChI=1S/C8H18N3O/c1-9(2)11(3)6-4-10(8-11)5-7-12/h4,6,12H,5,7-8H2,1-3H3/q+1. The van der Waals surface area contributed by atoms with Crippen LogP contribution in [0.3, 0.4) is 0 Å². The van der Waals surface area contributed by atoms with Gasteiger partial charge in [0.15, 0.2) is 6.67 Å². The van der Waals surface area contributed by atoms with Gasteiger partial charge in [0, 0.05) is 20.6 Å². The highest BCUT2D eigenvalue weighted by molar-refractivity contribution is 4.79. The van der Waals surface area contributed by atoms with E-state index in [4.69, 9.17) is 5.11 Å². The lowest BCUT2D eigenvalue weighted by molar-refractivity contribution is -0.971. The molecule has 0 saturated carbocycles. The third-order valence-electron chi connectivity index (χ3n) is 2.37. The minimum absolute atomic E-state index is 0.220. The fourth-order valence-corrected chi connectivity index (χ4v) is 1.23. The Morgan fingerprint density at radius 1 is 1.58 bits per heavy atom. The quantitative estimate of drug-likeness (QED) is 0.589. The molecule has 1 aliphatic heterocycles. The zero-order valence-electron chi connectivity index (χ0n) is 8.06. The highest BCUT2D eigenvalue weighted by Crippen LogP contribution is 2.15. The first kappa shape index (κ1) is 9.51. The molecule has 70 valence electrons. The predicted molar refractivity (Wildman–Crippen MR) is 47.7 cm³/mol. The average molecular weight is 172 g/mol. The van der Waals surface area contributed by atoms with Crippen LogP contribution in [0.15, 0.2) is 12.4 Å². The maximum Gasteiger partial charge on any atom is 0.176 e. The summed E-state index contributed by atoms with van der Waals surface area (Å²) in [5.41, 5.74) is 0. The van der Waals surface area contributed by atoms with Crippen LogP contribution in [-0.2, 0) is 0 Å². The van der Waals surface area contributed by atoms with E-state index in [1.54, 1.807) is 0 Å². The minimum atomic E-state index is 0.220. The summed E-state index contributed by atoms with van der Waals surface area (Å²) in [6.07, 6.45) is 4.16. The lowest BCUT2D eigenvalue weighted by Crippen LogP contribution is -2.51. The monoisotopic (exact) mass is 172 g/mol. The van der Waals surface area contributed by atoms with Crippen molar-refractivity contribution in [3.8, 4) is 0 Å². The fraction of sp³-hybridized carbons (Fsp3) is 0.750. The number of hydrogen-bond donors (Lipinski definition) is 1. The van der Waals surface area contributed by atoms with E-state index in [9.17, 15) is 0 Å². The second kappa shape index (κ2) is 3.43. The van der Waals surface area contributed by atoms with Gasteiger partial charge in [0.1, 0.15) is 6.20 Å². The number of aliphatic hydroxyl groups is 1. The topological polar surface area (TPSA) is 26.7 Å². The Balaban J connectivity index is 2.51. The molecule has 1 unspecified atom stereocenters. The van der Waals surface area contributed by atoms with Gasteiger partial charge in [0.05, 0.1) is 19.9 Å². The van der Waals surface area contributed by atoms with E-state index in [1.165, 1.54) is 0 Å². The van der Waals surface area contributed by atoms with Crippen LogP contribution >= 0.6 is 0 Å². The van der Waals surface area contributed by atoms with E-state index in [0.29, 0.717) is 0 Å². The first-order valence-electron chi connectivity index (χ1n) is 4.16. The number of β-amino-alcohol motifs (C(OH)–C–C–N with tert-alkyl or cyclic N) is 1. The molecule has 0 aromatic carbocycles. The molecule has 1 N–H and O–H groups in total. The minimum Gasteiger partial charge on any atom is -0.395 e. The Bertz CT molecular complexity index is 181. The summed E-state index contributed by atoms with van der Waals surface area (Å²) in [6, 6.07) is 0. The molecular weight excluding hydrogens is 154 g/mol. The van der Waals surface area contributed by atoms with Gasteiger partial charge in [0.25, 0.3) is 0 Å². The summed E-state index contributed by atoms with van der Waals surface area (Å²) in [7, 11) is 6.23. The van der Waals surface area contributed by atoms with Crippen LogP contribution in [0.2, 0.25) is 0 Å². The Hall–Kier alpha value is -0.580. The van der Waals surface area contributed by atoms with E-state index in [1.807, 2.05) is 20.3 Å². The van der Waals surface area contributed by atoms with Crippen molar-refractivity contribution >= 4 is 0 Å². The molecule has 0 saturated heterocycles. The molecule has 0 spiro atoms. The summed E-state index contributed by atoms with van der Waals surface area (Å²) in [6.45, 7) is 1.85. The van der Waals surface area contributed by atoms with Gasteiger partial charge in [0.2, 0.25) is 0 Å². The Labute approximate surface area is 73.9 Å². The summed E-state index contributed by atoms with van der Waals surface area (Å²) in [4.78, 5) is 2.11. The molecule has 1 heterocycles. The van der Waals surface area contributed by atoms with Gasteiger partial charge in [-0.3, -0.25) is 0 Å². The lowest BCUT2D eigenvalue weighted by Gasteiger charge is -2.33. The zero-order chi connectivity index (χ0) is 9.19. The van der Waals surface area contributed by atoms with Crippen molar-refractivity contribution in [2.45, 2.75) is 0 Å². The van der Waals surface area contributed by atoms with Gasteiger partial charge in [-0.05, 0) is 0 Å². The highest BCUT2D eigenvalue weighted by atomic mass is 16.3. The van der Waals surface area contributed by atoms with Crippen molar-refractivity contribution in [2.24, 2.45) is 0 Å². The highest BCUT2D eigenvalue weighted by Gasteiger charge is 2.29. The predicted octanol–water partition coefficient (Wildman–Crippen LogP) is -0.354. The van der Waals surface area contributed by atoms with E-state index in [0.717, 1.165) is 17.8 Å². The number of nitrogens with zero attached hydrogens (tertiary/aromatic N) is 3. The van der Waals surface area contributed by atoms with Crippen LogP contribution in [-0.4, -0.2) is 60.6 Å². The van der Waals surface area contributed by atoms with Gasteiger partial charge in [-0.15, -0.1) is 0 Å². The summed E-state index contributed by atoms with van der Waals surface area (Å²) >= 11 is 0. The lowest BCUT2D eigenvalue weighted by atomic mass is 10.6. The van der Waals surface area contributed by atoms with Crippen LogP contribution < -0.4 is 0 Å².